The van der Waals surface area contributed by atoms with Crippen LogP contribution in [0.5, 0.6) is 0 Å². The van der Waals surface area contributed by atoms with E-state index >= 15 is 0 Å². The van der Waals surface area contributed by atoms with Crippen LogP contribution in [0, 0.1) is 11.3 Å². The number of rotatable bonds is 7. The van der Waals surface area contributed by atoms with Gasteiger partial charge in [-0.3, -0.25) is 9.59 Å². The van der Waals surface area contributed by atoms with Gasteiger partial charge in [0.2, 0.25) is 10.0 Å². The van der Waals surface area contributed by atoms with Gasteiger partial charge in [0.15, 0.2) is 0 Å². The molecule has 2 atom stereocenters. The number of carbonyl (C=O) groups is 2. The molecule has 2 aliphatic rings. The number of ether oxygens (including phenoxy) is 1. The van der Waals surface area contributed by atoms with Crippen LogP contribution in [0.4, 0.5) is 0 Å². The van der Waals surface area contributed by atoms with Gasteiger partial charge in [-0.15, -0.1) is 0 Å². The third kappa shape index (κ3) is 3.71. The molecule has 1 saturated carbocycles. The number of amides is 1. The molecule has 1 heterocycles. The molecule has 1 aliphatic heterocycles. The van der Waals surface area contributed by atoms with Gasteiger partial charge >= 0.3 is 5.97 Å². The van der Waals surface area contributed by atoms with E-state index in [1.54, 1.807) is 11.0 Å². The van der Waals surface area contributed by atoms with E-state index in [1.165, 1.54) is 25.3 Å². The van der Waals surface area contributed by atoms with Gasteiger partial charge in [0, 0.05) is 32.3 Å². The molecule has 1 aromatic rings. The van der Waals surface area contributed by atoms with E-state index in [-0.39, 0.29) is 42.0 Å². The van der Waals surface area contributed by atoms with Crippen molar-refractivity contribution in [3.63, 3.8) is 0 Å². The molecule has 8 nitrogen and oxygen atoms in total. The first kappa shape index (κ1) is 19.8. The molecule has 27 heavy (non-hydrogen) atoms. The van der Waals surface area contributed by atoms with Crippen molar-refractivity contribution in [1.29, 1.82) is 0 Å². The molecule has 0 radical (unpaired) electrons. The van der Waals surface area contributed by atoms with Gasteiger partial charge in [0.05, 0.1) is 16.9 Å². The highest BCUT2D eigenvalue weighted by Crippen LogP contribution is 2.49. The minimum absolute atomic E-state index is 0.00297. The van der Waals surface area contributed by atoms with Crippen molar-refractivity contribution < 1.29 is 27.9 Å². The Hall–Kier alpha value is -1.97. The molecule has 1 saturated heterocycles. The van der Waals surface area contributed by atoms with Crippen LogP contribution < -0.4 is 4.72 Å². The predicted octanol–water partition coefficient (Wildman–Crippen LogP) is 0.938. The predicted molar refractivity (Wildman–Crippen MR) is 96.8 cm³/mol. The molecular formula is C18H24N2O6S. The van der Waals surface area contributed by atoms with Gasteiger partial charge in [0.25, 0.3) is 5.91 Å². The maximum Gasteiger partial charge on any atom is 0.311 e. The fourth-order valence-corrected chi connectivity index (χ4v) is 5.19. The number of hydrogen-bond acceptors (Lipinski definition) is 5. The van der Waals surface area contributed by atoms with E-state index in [2.05, 4.69) is 4.72 Å². The first-order valence-corrected chi connectivity index (χ1v) is 10.4. The normalized spacial score (nSPS) is 24.8. The summed E-state index contributed by atoms with van der Waals surface area (Å²) >= 11 is 0. The number of carboxylic acid groups (broad SMARTS) is 1. The lowest BCUT2D eigenvalue weighted by Crippen LogP contribution is -2.37. The van der Waals surface area contributed by atoms with Gasteiger partial charge in [0.1, 0.15) is 0 Å². The zero-order valence-corrected chi connectivity index (χ0v) is 16.0. The summed E-state index contributed by atoms with van der Waals surface area (Å²) in [6, 6.07) is 5.82. The Morgan fingerprint density at radius 1 is 1.41 bits per heavy atom. The van der Waals surface area contributed by atoms with E-state index in [1.807, 2.05) is 0 Å². The number of hydrogen-bond donors (Lipinski definition) is 2. The average Bonchev–Trinajstić information content (AvgIpc) is 3.20. The second-order valence-corrected chi connectivity index (χ2v) is 8.92. The number of benzene rings is 1. The van der Waals surface area contributed by atoms with E-state index in [9.17, 15) is 23.1 Å². The number of methoxy groups -OCH3 is 1. The molecule has 1 amide bonds. The number of nitrogens with one attached hydrogen (secondary N) is 1. The number of fused-ring (bicyclic) bond motifs is 1. The second kappa shape index (κ2) is 7.57. The largest absolute Gasteiger partial charge is 0.481 e. The van der Waals surface area contributed by atoms with E-state index < -0.39 is 21.4 Å². The summed E-state index contributed by atoms with van der Waals surface area (Å²) in [5, 5.41) is 9.66. The smallest absolute Gasteiger partial charge is 0.311 e. The topological polar surface area (TPSA) is 113 Å². The summed E-state index contributed by atoms with van der Waals surface area (Å²) in [6.45, 7) is 0.944. The number of aliphatic carboxylic acids is 1. The third-order valence-corrected chi connectivity index (χ3v) is 7.03. The van der Waals surface area contributed by atoms with Crippen LogP contribution in [0.25, 0.3) is 0 Å². The molecule has 0 spiro atoms. The molecule has 0 aromatic heterocycles. The van der Waals surface area contributed by atoms with Crippen molar-refractivity contribution in [2.45, 2.75) is 24.2 Å². The number of carboxylic acids is 1. The molecule has 148 valence electrons. The lowest BCUT2D eigenvalue weighted by atomic mass is 9.81. The van der Waals surface area contributed by atoms with Crippen molar-refractivity contribution in [2.24, 2.45) is 11.3 Å². The molecule has 0 bridgehead atoms. The van der Waals surface area contributed by atoms with Crippen LogP contribution >= 0.6 is 0 Å². The Morgan fingerprint density at radius 2 is 2.19 bits per heavy atom. The van der Waals surface area contributed by atoms with Crippen LogP contribution in [0.3, 0.4) is 0 Å². The lowest BCUT2D eigenvalue weighted by Gasteiger charge is -2.23. The summed E-state index contributed by atoms with van der Waals surface area (Å²) in [4.78, 5) is 26.2. The third-order valence-electron chi connectivity index (χ3n) is 5.57. The van der Waals surface area contributed by atoms with Crippen LogP contribution in [0.15, 0.2) is 29.2 Å². The molecule has 1 aromatic carbocycles. The molecule has 2 fully saturated rings. The Labute approximate surface area is 158 Å². The zero-order chi connectivity index (χ0) is 19.7. The van der Waals surface area contributed by atoms with Gasteiger partial charge in [-0.25, -0.2) is 13.1 Å². The maximum absolute atomic E-state index is 12.9. The van der Waals surface area contributed by atoms with E-state index in [4.69, 9.17) is 4.74 Å². The minimum Gasteiger partial charge on any atom is -0.481 e. The fourth-order valence-electron chi connectivity index (χ4n) is 4.13. The van der Waals surface area contributed by atoms with Crippen molar-refractivity contribution in [1.82, 2.24) is 9.62 Å². The Kier molecular flexibility index (Phi) is 5.55. The van der Waals surface area contributed by atoms with E-state index in [0.29, 0.717) is 13.0 Å². The lowest BCUT2D eigenvalue weighted by molar-refractivity contribution is -0.149. The number of carbonyl (C=O) groups excluding carboxylic acids is 1. The summed E-state index contributed by atoms with van der Waals surface area (Å²) < 4.78 is 31.9. The molecular weight excluding hydrogens is 372 g/mol. The minimum atomic E-state index is -3.75. The Balaban J connectivity index is 1.78. The van der Waals surface area contributed by atoms with E-state index in [0.717, 1.165) is 12.8 Å². The van der Waals surface area contributed by atoms with Crippen LogP contribution in [0.1, 0.15) is 29.6 Å². The highest BCUT2D eigenvalue weighted by Gasteiger charge is 2.55. The van der Waals surface area contributed by atoms with Gasteiger partial charge in [-0.2, -0.15) is 0 Å². The van der Waals surface area contributed by atoms with Gasteiger partial charge < -0.3 is 14.7 Å². The summed E-state index contributed by atoms with van der Waals surface area (Å²) in [7, 11) is -2.27. The molecule has 3 rings (SSSR count). The van der Waals surface area contributed by atoms with Crippen molar-refractivity contribution >= 4 is 21.9 Å². The van der Waals surface area contributed by atoms with Crippen molar-refractivity contribution in [2.75, 3.05) is 33.4 Å². The Bertz CT molecular complexity index is 840. The summed E-state index contributed by atoms with van der Waals surface area (Å²) in [6.07, 6.45) is 2.24. The molecule has 2 N–H and O–H groups in total. The number of sulfonamides is 1. The highest BCUT2D eigenvalue weighted by atomic mass is 32.2. The first-order chi connectivity index (χ1) is 12.8. The zero-order valence-electron chi connectivity index (χ0n) is 15.2. The van der Waals surface area contributed by atoms with Crippen LogP contribution in [0.2, 0.25) is 0 Å². The molecule has 9 heteroatoms. The highest BCUT2D eigenvalue weighted by molar-refractivity contribution is 7.89. The maximum atomic E-state index is 12.9. The summed E-state index contributed by atoms with van der Waals surface area (Å²) in [5.41, 5.74) is -0.619. The summed E-state index contributed by atoms with van der Waals surface area (Å²) in [5.74, 6) is -1.22. The monoisotopic (exact) mass is 396 g/mol. The standard InChI is InChI=1S/C18H24N2O6S/c1-26-9-8-19-27(24,25)15-6-2-4-13(10-15)16(21)20-11-14-5-3-7-18(14,12-20)17(22)23/h2,4,6,10,14,19H,3,5,7-9,11-12H2,1H3,(H,22,23)/t14-,18+/m0/s1. The Morgan fingerprint density at radius 3 is 2.85 bits per heavy atom. The first-order valence-electron chi connectivity index (χ1n) is 8.91. The molecule has 1 aliphatic carbocycles. The molecule has 0 unspecified atom stereocenters. The van der Waals surface area contributed by atoms with Gasteiger partial charge in [-0.05, 0) is 37.0 Å². The van der Waals surface area contributed by atoms with Crippen molar-refractivity contribution in [3.8, 4) is 0 Å². The quantitative estimate of drug-likeness (QED) is 0.663. The number of likely N-dealkylation sites (tertiary alicyclic amines) is 1. The SMILES string of the molecule is COCCNS(=O)(=O)c1cccc(C(=O)N2C[C@@H]3CCC[C@@]3(C(=O)O)C2)c1. The number of nitrogens with zero attached hydrogens (tertiary/aromatic N) is 1. The van der Waals surface area contributed by atoms with Gasteiger partial charge in [-0.1, -0.05) is 12.5 Å². The van der Waals surface area contributed by atoms with Crippen LogP contribution in [-0.2, 0) is 19.6 Å². The fraction of sp³-hybridized carbons (Fsp3) is 0.556. The average molecular weight is 396 g/mol. The van der Waals surface area contributed by atoms with Crippen LogP contribution in [-0.4, -0.2) is 63.7 Å². The second-order valence-electron chi connectivity index (χ2n) is 7.15. The van der Waals surface area contributed by atoms with Crippen molar-refractivity contribution in [3.05, 3.63) is 29.8 Å².